The molecule has 0 amide bonds. The molecule has 2 nitrogen and oxygen atoms in total. The fourth-order valence-electron chi connectivity index (χ4n) is 2.96. The van der Waals surface area contributed by atoms with Crippen LogP contribution in [-0.2, 0) is 0 Å². The van der Waals surface area contributed by atoms with Crippen LogP contribution in [0, 0.1) is 19.8 Å². The van der Waals surface area contributed by atoms with Crippen LogP contribution in [0.25, 0.3) is 0 Å². The largest absolute Gasteiger partial charge is 0.329 e. The second-order valence-corrected chi connectivity index (χ2v) is 7.45. The minimum absolute atomic E-state index is 0.461. The Balaban J connectivity index is 1.81. The van der Waals surface area contributed by atoms with Gasteiger partial charge in [-0.05, 0) is 57.1 Å². The smallest absolute Gasteiger partial charge is 0.0484 e. The number of aryl methyl sites for hydroxylation is 2. The lowest BCUT2D eigenvalue weighted by Crippen LogP contribution is -2.37. The van der Waals surface area contributed by atoms with Crippen molar-refractivity contribution in [3.8, 4) is 0 Å². The molecule has 100 valence electrons. The van der Waals surface area contributed by atoms with E-state index < -0.39 is 0 Å². The summed E-state index contributed by atoms with van der Waals surface area (Å²) in [5.74, 6) is 0.958. The normalized spacial score (nSPS) is 21.6. The van der Waals surface area contributed by atoms with Gasteiger partial charge in [0.15, 0.2) is 0 Å². The van der Waals surface area contributed by atoms with Gasteiger partial charge in [-0.25, -0.2) is 0 Å². The summed E-state index contributed by atoms with van der Waals surface area (Å²) in [7, 11) is 0. The first-order valence-corrected chi connectivity index (χ1v) is 8.03. The molecule has 3 heteroatoms. The maximum absolute atomic E-state index is 6.11. The van der Waals surface area contributed by atoms with Crippen molar-refractivity contribution in [1.82, 2.24) is 4.90 Å². The molecule has 2 aliphatic rings. The van der Waals surface area contributed by atoms with Crippen molar-refractivity contribution >= 4 is 11.3 Å². The van der Waals surface area contributed by atoms with Crippen LogP contribution in [0.4, 0.5) is 0 Å². The number of nitrogens with two attached hydrogens (primary N) is 1. The fraction of sp³-hybridized carbons (Fsp3) is 0.733. The maximum Gasteiger partial charge on any atom is 0.0484 e. The molecule has 0 aromatic carbocycles. The lowest BCUT2D eigenvalue weighted by molar-refractivity contribution is 0.182. The minimum atomic E-state index is 0.461. The van der Waals surface area contributed by atoms with E-state index in [1.165, 1.54) is 47.5 Å². The molecule has 2 aliphatic carbocycles. The third-order valence-corrected chi connectivity index (χ3v) is 5.23. The van der Waals surface area contributed by atoms with Gasteiger partial charge in [-0.1, -0.05) is 0 Å². The first-order valence-electron chi connectivity index (χ1n) is 7.21. The van der Waals surface area contributed by atoms with Crippen molar-refractivity contribution in [2.24, 2.45) is 11.7 Å². The van der Waals surface area contributed by atoms with Gasteiger partial charge < -0.3 is 5.73 Å². The lowest BCUT2D eigenvalue weighted by Gasteiger charge is -2.31. The van der Waals surface area contributed by atoms with Gasteiger partial charge in [0, 0.05) is 34.9 Å². The van der Waals surface area contributed by atoms with Crippen molar-refractivity contribution in [2.45, 2.75) is 51.6 Å². The summed E-state index contributed by atoms with van der Waals surface area (Å²) in [4.78, 5) is 5.60. The molecule has 2 N–H and O–H groups in total. The topological polar surface area (TPSA) is 29.3 Å². The van der Waals surface area contributed by atoms with Gasteiger partial charge in [0.1, 0.15) is 0 Å². The highest BCUT2D eigenvalue weighted by Gasteiger charge is 2.38. The molecule has 0 radical (unpaired) electrons. The Hall–Kier alpha value is -0.380. The monoisotopic (exact) mass is 264 g/mol. The molecule has 0 saturated heterocycles. The molecule has 1 aromatic rings. The Morgan fingerprint density at radius 3 is 2.50 bits per heavy atom. The van der Waals surface area contributed by atoms with Gasteiger partial charge in [0.05, 0.1) is 0 Å². The number of rotatable bonds is 6. The standard InChI is InChI=1S/C15H24N2S/c1-10-7-14(11(2)18-10)15(8-16)17(13-5-6-13)9-12-3-4-12/h7,12-13,15H,3-6,8-9,16H2,1-2H3. The summed E-state index contributed by atoms with van der Waals surface area (Å²) < 4.78 is 0. The fourth-order valence-corrected chi connectivity index (χ4v) is 3.94. The Bertz CT molecular complexity index is 418. The van der Waals surface area contributed by atoms with E-state index in [9.17, 15) is 0 Å². The van der Waals surface area contributed by atoms with Crippen LogP contribution in [0.15, 0.2) is 6.07 Å². The molecule has 0 bridgehead atoms. The van der Waals surface area contributed by atoms with E-state index in [2.05, 4.69) is 24.8 Å². The molecule has 0 aliphatic heterocycles. The van der Waals surface area contributed by atoms with Crippen LogP contribution in [0.3, 0.4) is 0 Å². The van der Waals surface area contributed by atoms with Crippen LogP contribution < -0.4 is 5.73 Å². The second-order valence-electron chi connectivity index (χ2n) is 5.99. The van der Waals surface area contributed by atoms with Gasteiger partial charge >= 0.3 is 0 Å². The summed E-state index contributed by atoms with van der Waals surface area (Å²) in [5.41, 5.74) is 7.60. The summed E-state index contributed by atoms with van der Waals surface area (Å²) in [6, 6.07) is 3.64. The molecule has 0 spiro atoms. The van der Waals surface area contributed by atoms with E-state index in [1.807, 2.05) is 11.3 Å². The number of hydrogen-bond donors (Lipinski definition) is 1. The minimum Gasteiger partial charge on any atom is -0.329 e. The predicted octanol–water partition coefficient (Wildman–Crippen LogP) is 3.24. The third-order valence-electron chi connectivity index (χ3n) is 4.24. The van der Waals surface area contributed by atoms with Gasteiger partial charge in [-0.3, -0.25) is 4.90 Å². The van der Waals surface area contributed by atoms with Crippen LogP contribution in [0.1, 0.15) is 47.0 Å². The average Bonchev–Trinajstić information content (AvgIpc) is 3.21. The van der Waals surface area contributed by atoms with Crippen molar-refractivity contribution in [3.63, 3.8) is 0 Å². The van der Waals surface area contributed by atoms with Crippen LogP contribution in [-0.4, -0.2) is 24.0 Å². The van der Waals surface area contributed by atoms with Gasteiger partial charge in [-0.2, -0.15) is 0 Å². The van der Waals surface area contributed by atoms with Crippen LogP contribution in [0.2, 0.25) is 0 Å². The zero-order valence-corrected chi connectivity index (χ0v) is 12.3. The highest BCUT2D eigenvalue weighted by Crippen LogP contribution is 2.40. The molecule has 1 atom stereocenters. The Labute approximate surface area is 114 Å². The Morgan fingerprint density at radius 1 is 1.33 bits per heavy atom. The quantitative estimate of drug-likeness (QED) is 0.854. The molecule has 1 heterocycles. The summed E-state index contributed by atoms with van der Waals surface area (Å²) >= 11 is 1.91. The number of hydrogen-bond acceptors (Lipinski definition) is 3. The molecular formula is C15H24N2S. The molecule has 3 rings (SSSR count). The number of nitrogens with zero attached hydrogens (tertiary/aromatic N) is 1. The van der Waals surface area contributed by atoms with Crippen LogP contribution in [0.5, 0.6) is 0 Å². The van der Waals surface area contributed by atoms with E-state index in [1.54, 1.807) is 0 Å². The lowest BCUT2D eigenvalue weighted by atomic mass is 10.1. The summed E-state index contributed by atoms with van der Waals surface area (Å²) in [6.07, 6.45) is 5.63. The Kier molecular flexibility index (Phi) is 3.48. The molecule has 1 unspecified atom stereocenters. The highest BCUT2D eigenvalue weighted by atomic mass is 32.1. The third kappa shape index (κ3) is 2.63. The number of thiophene rings is 1. The van der Waals surface area contributed by atoms with E-state index in [0.29, 0.717) is 6.04 Å². The molecular weight excluding hydrogens is 240 g/mol. The zero-order chi connectivity index (χ0) is 12.7. The first-order chi connectivity index (χ1) is 8.69. The van der Waals surface area contributed by atoms with Gasteiger partial charge in [0.25, 0.3) is 0 Å². The summed E-state index contributed by atoms with van der Waals surface area (Å²) in [6.45, 7) is 6.50. The highest BCUT2D eigenvalue weighted by molar-refractivity contribution is 7.12. The first kappa shape index (κ1) is 12.6. The van der Waals surface area contributed by atoms with Crippen molar-refractivity contribution in [1.29, 1.82) is 0 Å². The van der Waals surface area contributed by atoms with E-state index >= 15 is 0 Å². The van der Waals surface area contributed by atoms with Crippen molar-refractivity contribution < 1.29 is 0 Å². The molecule has 1 aromatic heterocycles. The van der Waals surface area contributed by atoms with Gasteiger partial charge in [-0.15, -0.1) is 11.3 Å². The Morgan fingerprint density at radius 2 is 2.06 bits per heavy atom. The zero-order valence-electron chi connectivity index (χ0n) is 11.5. The van der Waals surface area contributed by atoms with E-state index in [0.717, 1.165) is 18.5 Å². The molecule has 2 fully saturated rings. The van der Waals surface area contributed by atoms with E-state index in [-0.39, 0.29) is 0 Å². The van der Waals surface area contributed by atoms with Crippen molar-refractivity contribution in [2.75, 3.05) is 13.1 Å². The average molecular weight is 264 g/mol. The van der Waals surface area contributed by atoms with Crippen LogP contribution >= 0.6 is 11.3 Å². The summed E-state index contributed by atoms with van der Waals surface area (Å²) in [5, 5.41) is 0. The molecule has 2 saturated carbocycles. The van der Waals surface area contributed by atoms with E-state index in [4.69, 9.17) is 5.73 Å². The second kappa shape index (κ2) is 4.95. The van der Waals surface area contributed by atoms with Crippen molar-refractivity contribution in [3.05, 3.63) is 21.4 Å². The maximum atomic E-state index is 6.11. The predicted molar refractivity (Wildman–Crippen MR) is 78.0 cm³/mol. The SMILES string of the molecule is Cc1cc(C(CN)N(CC2CC2)C2CC2)c(C)s1. The molecule has 18 heavy (non-hydrogen) atoms. The van der Waals surface area contributed by atoms with Gasteiger partial charge in [0.2, 0.25) is 0 Å².